The molecule has 0 amide bonds. The second kappa shape index (κ2) is 7.04. The lowest BCUT2D eigenvalue weighted by Gasteiger charge is -2.52. The summed E-state index contributed by atoms with van der Waals surface area (Å²) in [5.74, 6) is 3.23. The maximum Gasteiger partial charge on any atom is 0.143 e. The number of H-pyrrole nitrogens is 1. The molecule has 3 fully saturated rings. The first kappa shape index (κ1) is 18.2. The number of ether oxygens (including phenoxy) is 1. The summed E-state index contributed by atoms with van der Waals surface area (Å²) in [5, 5.41) is 5.01. The molecule has 0 bridgehead atoms. The third kappa shape index (κ3) is 3.07. The smallest absolute Gasteiger partial charge is 0.143 e. The zero-order valence-electron chi connectivity index (χ0n) is 17.8. The summed E-state index contributed by atoms with van der Waals surface area (Å²) in [7, 11) is 0. The molecule has 160 valence electrons. The normalized spacial score (nSPS) is 27.0. The summed E-state index contributed by atoms with van der Waals surface area (Å²) in [6, 6.07) is 12.0. The molecule has 6 nitrogen and oxygen atoms in total. The number of hydrogen-bond acceptors (Lipinski definition) is 5. The molecule has 3 aromatic rings. The zero-order chi connectivity index (χ0) is 20.4. The first-order valence-corrected chi connectivity index (χ1v) is 11.8. The van der Waals surface area contributed by atoms with Crippen molar-refractivity contribution in [3.8, 4) is 0 Å². The highest BCUT2D eigenvalue weighted by molar-refractivity contribution is 5.88. The van der Waals surface area contributed by atoms with Crippen LogP contribution < -0.4 is 5.32 Å². The van der Waals surface area contributed by atoms with Gasteiger partial charge < -0.3 is 15.0 Å². The lowest BCUT2D eigenvalue weighted by molar-refractivity contribution is -0.109. The number of likely N-dealkylation sites (tertiary alicyclic amines) is 1. The van der Waals surface area contributed by atoms with E-state index in [0.717, 1.165) is 48.3 Å². The number of benzene rings is 1. The van der Waals surface area contributed by atoms with Gasteiger partial charge in [-0.15, -0.1) is 0 Å². The van der Waals surface area contributed by atoms with E-state index >= 15 is 0 Å². The second-order valence-corrected chi connectivity index (χ2v) is 9.92. The standard InChI is InChI=1S/C25H29N5O/c1-2-4-19-15(3-1)7-8-22(30-10-17(11-30)18-12-31-13-18)23(19)29-25-20-9-21(16-5-6-16)28-24(20)26-14-27-25/h1-4,9,14,16-18,22-23H,5-8,10-13H2,(H2,26,27,28,29)/t22-,23-/m0/s1. The molecule has 2 atom stereocenters. The quantitative estimate of drug-likeness (QED) is 0.662. The molecule has 6 heteroatoms. The number of nitrogens with one attached hydrogen (secondary N) is 2. The maximum absolute atomic E-state index is 5.44. The van der Waals surface area contributed by atoms with Crippen molar-refractivity contribution in [1.29, 1.82) is 0 Å². The molecule has 7 rings (SSSR count). The lowest BCUT2D eigenvalue weighted by atomic mass is 9.78. The number of aryl methyl sites for hydroxylation is 1. The topological polar surface area (TPSA) is 66.1 Å². The molecule has 1 saturated carbocycles. The van der Waals surface area contributed by atoms with Gasteiger partial charge in [-0.25, -0.2) is 9.97 Å². The van der Waals surface area contributed by atoms with Gasteiger partial charge in [0.05, 0.1) is 24.6 Å². The first-order valence-electron chi connectivity index (χ1n) is 11.8. The van der Waals surface area contributed by atoms with Crippen LogP contribution in [0.15, 0.2) is 36.7 Å². The van der Waals surface area contributed by atoms with Gasteiger partial charge in [-0.1, -0.05) is 24.3 Å². The number of fused-ring (bicyclic) bond motifs is 2. The van der Waals surface area contributed by atoms with Crippen molar-refractivity contribution < 1.29 is 4.74 Å². The van der Waals surface area contributed by atoms with E-state index in [2.05, 4.69) is 50.5 Å². The van der Waals surface area contributed by atoms with Crippen LogP contribution in [0.3, 0.4) is 0 Å². The van der Waals surface area contributed by atoms with E-state index in [4.69, 9.17) is 9.72 Å². The lowest BCUT2D eigenvalue weighted by Crippen LogP contribution is -2.60. The van der Waals surface area contributed by atoms with Gasteiger partial charge in [0.15, 0.2) is 0 Å². The number of rotatable bonds is 5. The Bertz CT molecular complexity index is 1110. The third-order valence-corrected chi connectivity index (χ3v) is 7.98. The average molecular weight is 416 g/mol. The summed E-state index contributed by atoms with van der Waals surface area (Å²) in [6.07, 6.45) is 6.60. The third-order valence-electron chi connectivity index (χ3n) is 7.98. The van der Waals surface area contributed by atoms with Gasteiger partial charge in [0, 0.05) is 30.7 Å². The summed E-state index contributed by atoms with van der Waals surface area (Å²) in [4.78, 5) is 15.4. The van der Waals surface area contributed by atoms with Gasteiger partial charge in [-0.2, -0.15) is 0 Å². The van der Waals surface area contributed by atoms with Gasteiger partial charge in [-0.05, 0) is 54.7 Å². The van der Waals surface area contributed by atoms with Crippen molar-refractivity contribution in [2.75, 3.05) is 31.6 Å². The highest BCUT2D eigenvalue weighted by Crippen LogP contribution is 2.43. The summed E-state index contributed by atoms with van der Waals surface area (Å²) >= 11 is 0. The van der Waals surface area contributed by atoms with Crippen molar-refractivity contribution in [3.63, 3.8) is 0 Å². The Morgan fingerprint density at radius 1 is 1.03 bits per heavy atom. The van der Waals surface area contributed by atoms with Crippen LogP contribution in [-0.2, 0) is 11.2 Å². The Morgan fingerprint density at radius 3 is 2.71 bits per heavy atom. The van der Waals surface area contributed by atoms with E-state index in [9.17, 15) is 0 Å². The van der Waals surface area contributed by atoms with Crippen LogP contribution >= 0.6 is 0 Å². The summed E-state index contributed by atoms with van der Waals surface area (Å²) in [5.41, 5.74) is 5.17. The Hall–Kier alpha value is -2.44. The molecular weight excluding hydrogens is 386 g/mol. The molecule has 31 heavy (non-hydrogen) atoms. The molecule has 2 saturated heterocycles. The monoisotopic (exact) mass is 415 g/mol. The zero-order valence-corrected chi connectivity index (χ0v) is 17.8. The van der Waals surface area contributed by atoms with Crippen molar-refractivity contribution in [1.82, 2.24) is 19.9 Å². The van der Waals surface area contributed by atoms with Crippen molar-refractivity contribution in [3.05, 3.63) is 53.5 Å². The number of hydrogen-bond donors (Lipinski definition) is 2. The van der Waals surface area contributed by atoms with E-state index < -0.39 is 0 Å². The van der Waals surface area contributed by atoms with Crippen LogP contribution in [0.4, 0.5) is 5.82 Å². The Balaban J connectivity index is 1.21. The number of aromatic nitrogens is 3. The minimum atomic E-state index is 0.251. The van der Waals surface area contributed by atoms with Gasteiger partial charge in [0.25, 0.3) is 0 Å². The van der Waals surface area contributed by atoms with Crippen molar-refractivity contribution >= 4 is 16.9 Å². The molecular formula is C25H29N5O. The minimum absolute atomic E-state index is 0.251. The van der Waals surface area contributed by atoms with Crippen molar-refractivity contribution in [2.24, 2.45) is 11.8 Å². The van der Waals surface area contributed by atoms with Crippen LogP contribution in [0, 0.1) is 11.8 Å². The molecule has 2 aromatic heterocycles. The van der Waals surface area contributed by atoms with E-state index in [1.54, 1.807) is 6.33 Å². The largest absolute Gasteiger partial charge is 0.381 e. The molecule has 4 aliphatic rings. The minimum Gasteiger partial charge on any atom is -0.381 e. The number of nitrogens with zero attached hydrogens (tertiary/aromatic N) is 3. The van der Waals surface area contributed by atoms with Gasteiger partial charge in [0.2, 0.25) is 0 Å². The van der Waals surface area contributed by atoms with E-state index in [1.807, 2.05) is 0 Å². The maximum atomic E-state index is 5.44. The van der Waals surface area contributed by atoms with Gasteiger partial charge in [-0.3, -0.25) is 4.90 Å². The highest BCUT2D eigenvalue weighted by atomic mass is 16.5. The average Bonchev–Trinajstić information content (AvgIpc) is 3.48. The fraction of sp³-hybridized carbons (Fsp3) is 0.520. The molecule has 4 heterocycles. The fourth-order valence-electron chi connectivity index (χ4n) is 5.79. The Labute approximate surface area is 182 Å². The number of anilines is 1. The van der Waals surface area contributed by atoms with Gasteiger partial charge in [0.1, 0.15) is 17.8 Å². The SMILES string of the molecule is c1ccc2c(c1)CC[C@H](N1CC(C3COC3)C1)[C@H]2Nc1ncnc2[nH]c(C3CC3)cc12. The van der Waals surface area contributed by atoms with Crippen LogP contribution in [0.5, 0.6) is 0 Å². The molecule has 0 radical (unpaired) electrons. The fourth-order valence-corrected chi connectivity index (χ4v) is 5.79. The number of aromatic amines is 1. The molecule has 1 aromatic carbocycles. The van der Waals surface area contributed by atoms with Crippen molar-refractivity contribution in [2.45, 2.75) is 43.7 Å². The second-order valence-electron chi connectivity index (χ2n) is 9.92. The first-order chi connectivity index (χ1) is 15.3. The van der Waals surface area contributed by atoms with E-state index in [0.29, 0.717) is 12.0 Å². The predicted octanol–water partition coefficient (Wildman–Crippen LogP) is 3.88. The molecule has 0 unspecified atom stereocenters. The van der Waals surface area contributed by atoms with Gasteiger partial charge >= 0.3 is 0 Å². The summed E-state index contributed by atoms with van der Waals surface area (Å²) in [6.45, 7) is 4.33. The highest BCUT2D eigenvalue weighted by Gasteiger charge is 2.43. The van der Waals surface area contributed by atoms with Crippen LogP contribution in [-0.4, -0.2) is 52.2 Å². The van der Waals surface area contributed by atoms with Crippen LogP contribution in [0.1, 0.15) is 48.0 Å². The Morgan fingerprint density at radius 2 is 1.90 bits per heavy atom. The van der Waals surface area contributed by atoms with E-state index in [-0.39, 0.29) is 6.04 Å². The summed E-state index contributed by atoms with van der Waals surface area (Å²) < 4.78 is 5.44. The molecule has 2 N–H and O–H groups in total. The molecule has 0 spiro atoms. The molecule has 2 aliphatic carbocycles. The predicted molar refractivity (Wildman–Crippen MR) is 120 cm³/mol. The molecule has 2 aliphatic heterocycles. The van der Waals surface area contributed by atoms with Crippen LogP contribution in [0.2, 0.25) is 0 Å². The van der Waals surface area contributed by atoms with E-state index in [1.165, 1.54) is 49.2 Å². The van der Waals surface area contributed by atoms with Crippen LogP contribution in [0.25, 0.3) is 11.0 Å². The Kier molecular flexibility index (Phi) is 4.12.